The molecule has 0 spiro atoms. The third kappa shape index (κ3) is 15.6. The van der Waals surface area contributed by atoms with Gasteiger partial charge in [0.15, 0.2) is 0 Å². The lowest BCUT2D eigenvalue weighted by Crippen LogP contribution is -2.25. The highest BCUT2D eigenvalue weighted by Crippen LogP contribution is 2.10. The van der Waals surface area contributed by atoms with Crippen molar-refractivity contribution in [3.05, 3.63) is 12.2 Å². The van der Waals surface area contributed by atoms with Crippen molar-refractivity contribution in [2.24, 2.45) is 0 Å². The van der Waals surface area contributed by atoms with Crippen LogP contribution in [-0.2, 0) is 0 Å². The van der Waals surface area contributed by atoms with Gasteiger partial charge in [-0.15, -0.1) is 0 Å². The van der Waals surface area contributed by atoms with E-state index >= 15 is 0 Å². The summed E-state index contributed by atoms with van der Waals surface area (Å²) < 4.78 is 0. The smallest absolute Gasteiger partial charge is 0.407 e. The molecular formula is C19H37NO3. The molecule has 0 rings (SSSR count). The Labute approximate surface area is 142 Å². The number of aliphatic hydroxyl groups excluding tert-OH is 1. The van der Waals surface area contributed by atoms with Crippen LogP contribution in [0.1, 0.15) is 84.0 Å². The summed E-state index contributed by atoms with van der Waals surface area (Å²) in [6, 6.07) is 0. The molecule has 4 heteroatoms. The number of hydrogen-bond acceptors (Lipinski definition) is 2. The first-order valence-corrected chi connectivity index (χ1v) is 9.35. The summed E-state index contributed by atoms with van der Waals surface area (Å²) in [6.07, 6.45) is 16.6. The Morgan fingerprint density at radius 1 is 1.00 bits per heavy atom. The molecule has 0 radical (unpaired) electrons. The molecule has 1 atom stereocenters. The second kappa shape index (κ2) is 15.9. The van der Waals surface area contributed by atoms with E-state index < -0.39 is 6.09 Å². The van der Waals surface area contributed by atoms with E-state index in [9.17, 15) is 9.90 Å². The van der Waals surface area contributed by atoms with Gasteiger partial charge >= 0.3 is 6.09 Å². The number of nitrogens with zero attached hydrogens (tertiary/aromatic N) is 1. The Balaban J connectivity index is 3.32. The SMILES string of the molecule is CCCCCCC(O)CC=CCCCCCCCN(C)C(=O)O. The highest BCUT2D eigenvalue weighted by atomic mass is 16.4. The van der Waals surface area contributed by atoms with Crippen LogP contribution in [0, 0.1) is 0 Å². The molecule has 0 aliphatic rings. The average Bonchev–Trinajstić information content (AvgIpc) is 2.53. The van der Waals surface area contributed by atoms with Crippen molar-refractivity contribution in [1.82, 2.24) is 4.90 Å². The summed E-state index contributed by atoms with van der Waals surface area (Å²) in [6.45, 7) is 2.83. The summed E-state index contributed by atoms with van der Waals surface area (Å²) in [5.74, 6) is 0. The predicted molar refractivity (Wildman–Crippen MR) is 96.9 cm³/mol. The zero-order chi connectivity index (χ0) is 17.3. The van der Waals surface area contributed by atoms with Gasteiger partial charge in [-0.2, -0.15) is 0 Å². The number of allylic oxidation sites excluding steroid dienone is 1. The maximum Gasteiger partial charge on any atom is 0.407 e. The van der Waals surface area contributed by atoms with Crippen LogP contribution in [0.15, 0.2) is 12.2 Å². The van der Waals surface area contributed by atoms with E-state index in [4.69, 9.17) is 5.11 Å². The number of aliphatic hydroxyl groups is 1. The monoisotopic (exact) mass is 327 g/mol. The van der Waals surface area contributed by atoms with Crippen molar-refractivity contribution in [3.8, 4) is 0 Å². The van der Waals surface area contributed by atoms with Gasteiger partial charge in [0.1, 0.15) is 0 Å². The molecule has 0 aliphatic heterocycles. The highest BCUT2D eigenvalue weighted by molar-refractivity contribution is 5.64. The van der Waals surface area contributed by atoms with Crippen LogP contribution in [0.5, 0.6) is 0 Å². The van der Waals surface area contributed by atoms with Gasteiger partial charge in [-0.1, -0.05) is 64.0 Å². The van der Waals surface area contributed by atoms with Crippen molar-refractivity contribution in [2.45, 2.75) is 90.1 Å². The normalized spacial score (nSPS) is 12.7. The Morgan fingerprint density at radius 2 is 1.65 bits per heavy atom. The lowest BCUT2D eigenvalue weighted by atomic mass is 10.1. The molecule has 0 saturated carbocycles. The summed E-state index contributed by atoms with van der Waals surface area (Å²) >= 11 is 0. The average molecular weight is 328 g/mol. The van der Waals surface area contributed by atoms with Crippen molar-refractivity contribution < 1.29 is 15.0 Å². The summed E-state index contributed by atoms with van der Waals surface area (Å²) in [5, 5.41) is 18.6. The number of carboxylic acid groups (broad SMARTS) is 1. The molecule has 23 heavy (non-hydrogen) atoms. The van der Waals surface area contributed by atoms with E-state index in [1.54, 1.807) is 7.05 Å². The van der Waals surface area contributed by atoms with Crippen molar-refractivity contribution >= 4 is 6.09 Å². The van der Waals surface area contributed by atoms with Crippen LogP contribution >= 0.6 is 0 Å². The zero-order valence-electron chi connectivity index (χ0n) is 15.2. The minimum absolute atomic E-state index is 0.172. The number of unbranched alkanes of at least 4 members (excludes halogenated alkanes) is 8. The molecule has 0 bridgehead atoms. The number of hydrogen-bond donors (Lipinski definition) is 2. The van der Waals surface area contributed by atoms with E-state index in [0.29, 0.717) is 6.54 Å². The Hall–Kier alpha value is -1.03. The molecule has 0 aromatic carbocycles. The van der Waals surface area contributed by atoms with Crippen LogP contribution in [-0.4, -0.2) is 40.9 Å². The largest absolute Gasteiger partial charge is 0.465 e. The van der Waals surface area contributed by atoms with E-state index in [1.165, 1.54) is 43.4 Å². The topological polar surface area (TPSA) is 60.8 Å². The molecule has 4 nitrogen and oxygen atoms in total. The summed E-state index contributed by atoms with van der Waals surface area (Å²) in [4.78, 5) is 11.9. The molecule has 1 amide bonds. The van der Waals surface area contributed by atoms with Gasteiger partial charge in [0.25, 0.3) is 0 Å². The van der Waals surface area contributed by atoms with Crippen molar-refractivity contribution in [1.29, 1.82) is 0 Å². The molecule has 2 N–H and O–H groups in total. The molecule has 0 aromatic heterocycles. The van der Waals surface area contributed by atoms with Gasteiger partial charge < -0.3 is 15.1 Å². The van der Waals surface area contributed by atoms with Crippen molar-refractivity contribution in [2.75, 3.05) is 13.6 Å². The van der Waals surface area contributed by atoms with Gasteiger partial charge in [-0.25, -0.2) is 4.79 Å². The van der Waals surface area contributed by atoms with Crippen LogP contribution in [0.2, 0.25) is 0 Å². The van der Waals surface area contributed by atoms with Crippen LogP contribution in [0.25, 0.3) is 0 Å². The molecule has 136 valence electrons. The maximum absolute atomic E-state index is 10.6. The van der Waals surface area contributed by atoms with Gasteiger partial charge in [0.05, 0.1) is 6.10 Å². The lowest BCUT2D eigenvalue weighted by molar-refractivity contribution is 0.155. The predicted octanol–water partition coefficient (Wildman–Crippen LogP) is 5.21. The Kier molecular flexibility index (Phi) is 15.1. The second-order valence-electron chi connectivity index (χ2n) is 6.47. The molecular weight excluding hydrogens is 290 g/mol. The number of amides is 1. The minimum Gasteiger partial charge on any atom is -0.465 e. The van der Waals surface area contributed by atoms with Crippen LogP contribution in [0.3, 0.4) is 0 Å². The molecule has 0 saturated heterocycles. The summed E-state index contributed by atoms with van der Waals surface area (Å²) in [7, 11) is 1.62. The Morgan fingerprint density at radius 3 is 2.35 bits per heavy atom. The fourth-order valence-corrected chi connectivity index (χ4v) is 2.53. The van der Waals surface area contributed by atoms with E-state index in [0.717, 1.165) is 38.5 Å². The van der Waals surface area contributed by atoms with Gasteiger partial charge in [0, 0.05) is 13.6 Å². The third-order valence-electron chi connectivity index (χ3n) is 4.16. The van der Waals surface area contributed by atoms with Crippen LogP contribution in [0.4, 0.5) is 4.79 Å². The van der Waals surface area contributed by atoms with Gasteiger partial charge in [-0.05, 0) is 32.1 Å². The fraction of sp³-hybridized carbons (Fsp3) is 0.842. The fourth-order valence-electron chi connectivity index (χ4n) is 2.53. The second-order valence-corrected chi connectivity index (χ2v) is 6.47. The van der Waals surface area contributed by atoms with Gasteiger partial charge in [0.2, 0.25) is 0 Å². The Bertz CT molecular complexity index is 305. The first-order chi connectivity index (χ1) is 11.1. The molecule has 0 fully saturated rings. The number of rotatable bonds is 15. The van der Waals surface area contributed by atoms with Crippen LogP contribution < -0.4 is 0 Å². The van der Waals surface area contributed by atoms with E-state index in [2.05, 4.69) is 19.1 Å². The quantitative estimate of drug-likeness (QED) is 0.320. The lowest BCUT2D eigenvalue weighted by Gasteiger charge is -2.11. The van der Waals surface area contributed by atoms with Crippen molar-refractivity contribution in [3.63, 3.8) is 0 Å². The molecule has 0 heterocycles. The summed E-state index contributed by atoms with van der Waals surface area (Å²) in [5.41, 5.74) is 0. The molecule has 1 unspecified atom stereocenters. The van der Waals surface area contributed by atoms with E-state index in [1.807, 2.05) is 0 Å². The molecule has 0 aliphatic carbocycles. The number of carbonyl (C=O) groups is 1. The maximum atomic E-state index is 10.6. The highest BCUT2D eigenvalue weighted by Gasteiger charge is 2.03. The van der Waals surface area contributed by atoms with E-state index in [-0.39, 0.29) is 6.10 Å². The minimum atomic E-state index is -0.845. The third-order valence-corrected chi connectivity index (χ3v) is 4.16. The first kappa shape index (κ1) is 22.0. The standard InChI is InChI=1S/C19H37NO3/c1-3-4-5-12-15-18(21)16-13-10-8-6-7-9-11-14-17-20(2)19(22)23/h10,13,18,21H,3-9,11-12,14-17H2,1-2H3,(H,22,23). The zero-order valence-corrected chi connectivity index (χ0v) is 15.2. The first-order valence-electron chi connectivity index (χ1n) is 9.35. The van der Waals surface area contributed by atoms with Gasteiger partial charge in [-0.3, -0.25) is 0 Å². The molecule has 0 aromatic rings.